The monoisotopic (exact) mass is 270 g/mol. The van der Waals surface area contributed by atoms with Gasteiger partial charge in [-0.25, -0.2) is 4.68 Å². The summed E-state index contributed by atoms with van der Waals surface area (Å²) in [6.45, 7) is 5.84. The van der Waals surface area contributed by atoms with Crippen LogP contribution in [-0.2, 0) is 15.3 Å². The maximum Gasteiger partial charge on any atom is 0.311 e. The highest BCUT2D eigenvalue weighted by Gasteiger charge is 2.49. The number of carbonyl (C=O) groups is 1. The summed E-state index contributed by atoms with van der Waals surface area (Å²) in [5, 5.41) is 4.55. The Bertz CT molecular complexity index is 648. The molecule has 0 bridgehead atoms. The third kappa shape index (κ3) is 1.83. The van der Waals surface area contributed by atoms with Crippen LogP contribution in [-0.4, -0.2) is 15.7 Å². The molecule has 2 aromatic rings. The molecule has 1 aromatic carbocycles. The van der Waals surface area contributed by atoms with E-state index in [4.69, 9.17) is 4.74 Å². The Balaban J connectivity index is 2.20. The molecule has 0 radical (unpaired) electrons. The molecule has 0 saturated carbocycles. The summed E-state index contributed by atoms with van der Waals surface area (Å²) in [4.78, 5) is 12.0. The number of nitrogens with zero attached hydrogens (tertiary/aromatic N) is 2. The van der Waals surface area contributed by atoms with Crippen LogP contribution in [0.3, 0.4) is 0 Å². The fraction of sp³-hybridized carbons (Fsp3) is 0.375. The lowest BCUT2D eigenvalue weighted by atomic mass is 9.95. The van der Waals surface area contributed by atoms with Crippen molar-refractivity contribution in [3.8, 4) is 0 Å². The van der Waals surface area contributed by atoms with Crippen molar-refractivity contribution in [1.29, 1.82) is 0 Å². The molecular formula is C16H18N2O2. The van der Waals surface area contributed by atoms with Gasteiger partial charge in [-0.3, -0.25) is 4.79 Å². The highest BCUT2D eigenvalue weighted by Crippen LogP contribution is 2.41. The summed E-state index contributed by atoms with van der Waals surface area (Å²) in [7, 11) is 0. The number of ether oxygens (including phenoxy) is 1. The smallest absolute Gasteiger partial charge is 0.311 e. The maximum atomic E-state index is 12.0. The summed E-state index contributed by atoms with van der Waals surface area (Å²) >= 11 is 0. The molecule has 104 valence electrons. The number of carbonyl (C=O) groups excluding carboxylic acids is 1. The van der Waals surface area contributed by atoms with Crippen LogP contribution in [0.5, 0.6) is 0 Å². The zero-order valence-corrected chi connectivity index (χ0v) is 12.0. The molecule has 0 unspecified atom stereocenters. The number of esters is 1. The second kappa shape index (κ2) is 4.47. The number of rotatable bonds is 2. The topological polar surface area (TPSA) is 44.1 Å². The lowest BCUT2D eigenvalue weighted by Crippen LogP contribution is -2.36. The third-order valence-corrected chi connectivity index (χ3v) is 3.83. The SMILES string of the molecule is Cc1cc(C)n([C@]2(c3ccccc3)C[C@H](C)C(=O)O2)n1. The summed E-state index contributed by atoms with van der Waals surface area (Å²) in [5.41, 5.74) is 2.07. The maximum absolute atomic E-state index is 12.0. The van der Waals surface area contributed by atoms with E-state index >= 15 is 0 Å². The first kappa shape index (κ1) is 12.9. The van der Waals surface area contributed by atoms with Crippen LogP contribution in [0.15, 0.2) is 36.4 Å². The lowest BCUT2D eigenvalue weighted by molar-refractivity contribution is -0.154. The molecule has 1 fully saturated rings. The van der Waals surface area contributed by atoms with Crippen LogP contribution >= 0.6 is 0 Å². The van der Waals surface area contributed by atoms with Gasteiger partial charge in [-0.05, 0) is 19.9 Å². The van der Waals surface area contributed by atoms with Crippen molar-refractivity contribution in [2.45, 2.75) is 32.9 Å². The number of cyclic esters (lactones) is 1. The van der Waals surface area contributed by atoms with Gasteiger partial charge in [-0.15, -0.1) is 0 Å². The Kier molecular flexibility index (Phi) is 2.89. The summed E-state index contributed by atoms with van der Waals surface area (Å²) in [5.74, 6) is -0.291. The summed E-state index contributed by atoms with van der Waals surface area (Å²) < 4.78 is 7.64. The van der Waals surface area contributed by atoms with E-state index in [0.29, 0.717) is 6.42 Å². The van der Waals surface area contributed by atoms with E-state index in [2.05, 4.69) is 5.10 Å². The Hall–Kier alpha value is -2.10. The highest BCUT2D eigenvalue weighted by molar-refractivity contribution is 5.75. The third-order valence-electron chi connectivity index (χ3n) is 3.83. The van der Waals surface area contributed by atoms with E-state index in [9.17, 15) is 4.79 Å². The molecule has 0 amide bonds. The molecule has 3 rings (SSSR count). The number of benzene rings is 1. The van der Waals surface area contributed by atoms with E-state index in [1.807, 2.05) is 61.9 Å². The Labute approximate surface area is 118 Å². The first-order chi connectivity index (χ1) is 9.53. The second-order valence-electron chi connectivity index (χ2n) is 5.52. The summed E-state index contributed by atoms with van der Waals surface area (Å²) in [6, 6.07) is 11.9. The minimum Gasteiger partial charge on any atom is -0.432 e. The van der Waals surface area contributed by atoms with Crippen LogP contribution in [0.25, 0.3) is 0 Å². The van der Waals surface area contributed by atoms with Gasteiger partial charge in [-0.1, -0.05) is 37.3 Å². The molecule has 1 saturated heterocycles. The van der Waals surface area contributed by atoms with E-state index < -0.39 is 5.72 Å². The quantitative estimate of drug-likeness (QED) is 0.788. The fourth-order valence-electron chi connectivity index (χ4n) is 2.93. The van der Waals surface area contributed by atoms with E-state index in [1.54, 1.807) is 0 Å². The van der Waals surface area contributed by atoms with Gasteiger partial charge in [-0.2, -0.15) is 5.10 Å². The predicted molar refractivity (Wildman–Crippen MR) is 75.1 cm³/mol. The van der Waals surface area contributed by atoms with Crippen LogP contribution in [0, 0.1) is 19.8 Å². The van der Waals surface area contributed by atoms with E-state index in [1.165, 1.54) is 0 Å². The normalized spacial score (nSPS) is 25.8. The Morgan fingerprint density at radius 3 is 2.50 bits per heavy atom. The van der Waals surface area contributed by atoms with Crippen molar-refractivity contribution in [3.05, 3.63) is 53.3 Å². The van der Waals surface area contributed by atoms with Crippen LogP contribution in [0.2, 0.25) is 0 Å². The van der Waals surface area contributed by atoms with Gasteiger partial charge >= 0.3 is 5.97 Å². The molecule has 20 heavy (non-hydrogen) atoms. The predicted octanol–water partition coefficient (Wildman–Crippen LogP) is 2.78. The zero-order chi connectivity index (χ0) is 14.3. The standard InChI is InChI=1S/C16H18N2O2/c1-11-10-16(20-15(11)19,14-7-5-4-6-8-14)18-13(3)9-12(2)17-18/h4-9,11H,10H2,1-3H3/t11-,16+/m0/s1. The summed E-state index contributed by atoms with van der Waals surface area (Å²) in [6.07, 6.45) is 0.609. The van der Waals surface area contributed by atoms with E-state index in [-0.39, 0.29) is 11.9 Å². The lowest BCUT2D eigenvalue weighted by Gasteiger charge is -2.30. The van der Waals surface area contributed by atoms with Crippen molar-refractivity contribution in [2.75, 3.05) is 0 Å². The van der Waals surface area contributed by atoms with Gasteiger partial charge in [0.15, 0.2) is 0 Å². The van der Waals surface area contributed by atoms with Gasteiger partial charge in [0, 0.05) is 17.7 Å². The largest absolute Gasteiger partial charge is 0.432 e. The Morgan fingerprint density at radius 1 is 1.30 bits per heavy atom. The average molecular weight is 270 g/mol. The van der Waals surface area contributed by atoms with Gasteiger partial charge in [0.25, 0.3) is 0 Å². The molecule has 0 N–H and O–H groups in total. The number of hydrogen-bond acceptors (Lipinski definition) is 3. The van der Waals surface area contributed by atoms with Crippen LogP contribution in [0.1, 0.15) is 30.3 Å². The van der Waals surface area contributed by atoms with Crippen molar-refractivity contribution >= 4 is 5.97 Å². The molecule has 4 nitrogen and oxygen atoms in total. The minimum atomic E-state index is -0.809. The molecule has 1 aliphatic heterocycles. The van der Waals surface area contributed by atoms with Crippen molar-refractivity contribution in [2.24, 2.45) is 5.92 Å². The number of hydrogen-bond donors (Lipinski definition) is 0. The van der Waals surface area contributed by atoms with Gasteiger partial charge < -0.3 is 4.74 Å². The molecular weight excluding hydrogens is 252 g/mol. The molecule has 4 heteroatoms. The average Bonchev–Trinajstić information content (AvgIpc) is 2.92. The molecule has 0 aliphatic carbocycles. The van der Waals surface area contributed by atoms with Crippen LogP contribution in [0.4, 0.5) is 0 Å². The number of aromatic nitrogens is 2. The Morgan fingerprint density at radius 2 is 2.00 bits per heavy atom. The van der Waals surface area contributed by atoms with Crippen molar-refractivity contribution in [1.82, 2.24) is 9.78 Å². The van der Waals surface area contributed by atoms with Crippen molar-refractivity contribution in [3.63, 3.8) is 0 Å². The van der Waals surface area contributed by atoms with Gasteiger partial charge in [0.05, 0.1) is 11.6 Å². The van der Waals surface area contributed by atoms with Crippen LogP contribution < -0.4 is 0 Å². The van der Waals surface area contributed by atoms with E-state index in [0.717, 1.165) is 17.0 Å². The molecule has 1 aliphatic rings. The second-order valence-corrected chi connectivity index (χ2v) is 5.52. The highest BCUT2D eigenvalue weighted by atomic mass is 16.6. The van der Waals surface area contributed by atoms with Crippen molar-refractivity contribution < 1.29 is 9.53 Å². The molecule has 0 spiro atoms. The first-order valence-electron chi connectivity index (χ1n) is 6.85. The fourth-order valence-corrected chi connectivity index (χ4v) is 2.93. The van der Waals surface area contributed by atoms with Gasteiger partial charge in [0.2, 0.25) is 5.72 Å². The molecule has 2 atom stereocenters. The molecule has 2 heterocycles. The first-order valence-corrected chi connectivity index (χ1v) is 6.85. The zero-order valence-electron chi connectivity index (χ0n) is 12.0. The number of aryl methyl sites for hydroxylation is 2. The van der Waals surface area contributed by atoms with Gasteiger partial charge in [0.1, 0.15) is 0 Å². The molecule has 1 aromatic heterocycles. The minimum absolute atomic E-state index is 0.126.